The minimum Gasteiger partial charge on any atom is -0.322 e. The number of anilines is 1. The Morgan fingerprint density at radius 2 is 1.69 bits per heavy atom. The highest BCUT2D eigenvalue weighted by molar-refractivity contribution is 7.89. The number of nitrogens with one attached hydrogen (secondary N) is 2. The molecule has 26 heavy (non-hydrogen) atoms. The summed E-state index contributed by atoms with van der Waals surface area (Å²) in [6, 6.07) is 10.8. The number of carbonyl (C=O) groups excluding carboxylic acids is 1. The number of amides is 1. The topological polar surface area (TPSA) is 118 Å². The van der Waals surface area contributed by atoms with Crippen molar-refractivity contribution in [2.24, 2.45) is 0 Å². The zero-order valence-electron chi connectivity index (χ0n) is 14.3. The minimum atomic E-state index is -3.61. The highest BCUT2D eigenvalue weighted by Gasteiger charge is 2.16. The largest absolute Gasteiger partial charge is 0.322 e. The third kappa shape index (κ3) is 4.87. The Bertz CT molecular complexity index is 893. The summed E-state index contributed by atoms with van der Waals surface area (Å²) in [4.78, 5) is 22.3. The Labute approximate surface area is 151 Å². The first-order valence-corrected chi connectivity index (χ1v) is 9.39. The van der Waals surface area contributed by atoms with Gasteiger partial charge in [0.2, 0.25) is 10.0 Å². The van der Waals surface area contributed by atoms with E-state index in [-0.39, 0.29) is 22.2 Å². The molecular formula is C17H19N3O5S. The number of nitro benzene ring substituents is 1. The fourth-order valence-electron chi connectivity index (χ4n) is 2.07. The second-order valence-corrected chi connectivity index (χ2v) is 7.43. The summed E-state index contributed by atoms with van der Waals surface area (Å²) in [6.07, 6.45) is 0.669. The summed E-state index contributed by atoms with van der Waals surface area (Å²) in [5, 5.41) is 13.2. The highest BCUT2D eigenvalue weighted by Crippen LogP contribution is 2.17. The molecule has 0 heterocycles. The second-order valence-electron chi connectivity index (χ2n) is 5.71. The number of nitrogens with zero attached hydrogens (tertiary/aromatic N) is 1. The summed E-state index contributed by atoms with van der Waals surface area (Å²) in [5.41, 5.74) is 0.562. The van der Waals surface area contributed by atoms with Crippen LogP contribution in [-0.2, 0) is 10.0 Å². The second kappa shape index (κ2) is 8.07. The Hall–Kier alpha value is -2.78. The van der Waals surface area contributed by atoms with Crippen molar-refractivity contribution in [2.75, 3.05) is 5.32 Å². The van der Waals surface area contributed by atoms with Gasteiger partial charge in [-0.2, -0.15) is 0 Å². The van der Waals surface area contributed by atoms with Crippen LogP contribution in [0.5, 0.6) is 0 Å². The predicted octanol–water partition coefficient (Wildman–Crippen LogP) is 2.92. The molecule has 9 heteroatoms. The third-order valence-corrected chi connectivity index (χ3v) is 5.34. The van der Waals surface area contributed by atoms with Crippen LogP contribution in [0.4, 0.5) is 11.4 Å². The quantitative estimate of drug-likeness (QED) is 0.568. The smallest absolute Gasteiger partial charge is 0.269 e. The van der Waals surface area contributed by atoms with E-state index in [1.165, 1.54) is 48.5 Å². The van der Waals surface area contributed by atoms with E-state index in [0.717, 1.165) is 0 Å². The van der Waals surface area contributed by atoms with Crippen LogP contribution in [0, 0.1) is 10.1 Å². The minimum absolute atomic E-state index is 0.103. The fourth-order valence-corrected chi connectivity index (χ4v) is 3.40. The van der Waals surface area contributed by atoms with Crippen molar-refractivity contribution in [3.63, 3.8) is 0 Å². The Kier molecular flexibility index (Phi) is 6.06. The molecule has 0 radical (unpaired) electrons. The summed E-state index contributed by atoms with van der Waals surface area (Å²) in [5.74, 6) is -0.451. The molecule has 1 unspecified atom stereocenters. The van der Waals surface area contributed by atoms with Crippen LogP contribution in [0.25, 0.3) is 0 Å². The molecule has 0 aliphatic heterocycles. The van der Waals surface area contributed by atoms with Gasteiger partial charge in [-0.1, -0.05) is 6.92 Å². The lowest BCUT2D eigenvalue weighted by Gasteiger charge is -2.12. The SMILES string of the molecule is CCC(C)NS(=O)(=O)c1ccc(NC(=O)c2ccc([N+](=O)[O-])cc2)cc1. The van der Waals surface area contributed by atoms with Crippen LogP contribution >= 0.6 is 0 Å². The molecule has 2 aromatic carbocycles. The third-order valence-electron chi connectivity index (χ3n) is 3.73. The molecule has 8 nitrogen and oxygen atoms in total. The first kappa shape index (κ1) is 19.5. The van der Waals surface area contributed by atoms with E-state index in [2.05, 4.69) is 10.0 Å². The Morgan fingerprint density at radius 3 is 2.19 bits per heavy atom. The molecule has 0 aliphatic carbocycles. The standard InChI is InChI=1S/C17H19N3O5S/c1-3-12(2)19-26(24,25)16-10-6-14(7-11-16)18-17(21)13-4-8-15(9-5-13)20(22)23/h4-12,19H,3H2,1-2H3,(H,18,21). The van der Waals surface area contributed by atoms with Crippen molar-refractivity contribution in [1.29, 1.82) is 0 Å². The normalized spacial score (nSPS) is 12.4. The molecule has 0 bridgehead atoms. The number of non-ortho nitro benzene ring substituents is 1. The zero-order chi connectivity index (χ0) is 19.3. The van der Waals surface area contributed by atoms with Crippen molar-refractivity contribution in [3.05, 3.63) is 64.2 Å². The van der Waals surface area contributed by atoms with Crippen LogP contribution in [0.1, 0.15) is 30.6 Å². The molecule has 1 atom stereocenters. The highest BCUT2D eigenvalue weighted by atomic mass is 32.2. The van der Waals surface area contributed by atoms with E-state index >= 15 is 0 Å². The Morgan fingerprint density at radius 1 is 1.12 bits per heavy atom. The zero-order valence-corrected chi connectivity index (χ0v) is 15.1. The first-order valence-electron chi connectivity index (χ1n) is 7.91. The maximum Gasteiger partial charge on any atom is 0.269 e. The van der Waals surface area contributed by atoms with Crippen LogP contribution in [0.15, 0.2) is 53.4 Å². The molecule has 0 saturated heterocycles. The summed E-state index contributed by atoms with van der Waals surface area (Å²) in [7, 11) is -3.61. The van der Waals surface area contributed by atoms with E-state index in [1.807, 2.05) is 6.92 Å². The number of rotatable bonds is 7. The van der Waals surface area contributed by atoms with Gasteiger partial charge in [0.1, 0.15) is 0 Å². The molecule has 2 rings (SSSR count). The number of nitro groups is 1. The number of carbonyl (C=O) groups is 1. The molecule has 2 N–H and O–H groups in total. The van der Waals surface area contributed by atoms with Gasteiger partial charge in [-0.15, -0.1) is 0 Å². The van der Waals surface area contributed by atoms with Gasteiger partial charge in [0, 0.05) is 29.4 Å². The number of sulfonamides is 1. The van der Waals surface area contributed by atoms with E-state index in [1.54, 1.807) is 6.92 Å². The predicted molar refractivity (Wildman–Crippen MR) is 97.6 cm³/mol. The van der Waals surface area contributed by atoms with Gasteiger partial charge in [-0.05, 0) is 49.7 Å². The number of hydrogen-bond acceptors (Lipinski definition) is 5. The number of benzene rings is 2. The lowest BCUT2D eigenvalue weighted by Crippen LogP contribution is -2.31. The van der Waals surface area contributed by atoms with Gasteiger partial charge in [-0.25, -0.2) is 13.1 Å². The molecule has 0 fully saturated rings. The molecule has 0 spiro atoms. The van der Waals surface area contributed by atoms with E-state index in [9.17, 15) is 23.3 Å². The van der Waals surface area contributed by atoms with Gasteiger partial charge < -0.3 is 5.32 Å². The van der Waals surface area contributed by atoms with Gasteiger partial charge in [0.05, 0.1) is 9.82 Å². The molecule has 1 amide bonds. The van der Waals surface area contributed by atoms with E-state index in [4.69, 9.17) is 0 Å². The van der Waals surface area contributed by atoms with Crippen LogP contribution in [-0.4, -0.2) is 25.3 Å². The molecule has 2 aromatic rings. The monoisotopic (exact) mass is 377 g/mol. The van der Waals surface area contributed by atoms with Crippen molar-refractivity contribution in [3.8, 4) is 0 Å². The van der Waals surface area contributed by atoms with E-state index in [0.29, 0.717) is 12.1 Å². The summed E-state index contributed by atoms with van der Waals surface area (Å²) < 4.78 is 26.9. The average Bonchev–Trinajstić information content (AvgIpc) is 2.61. The fraction of sp³-hybridized carbons (Fsp3) is 0.235. The van der Waals surface area contributed by atoms with Crippen molar-refractivity contribution >= 4 is 27.3 Å². The summed E-state index contributed by atoms with van der Waals surface area (Å²) >= 11 is 0. The first-order chi connectivity index (χ1) is 12.2. The van der Waals surface area contributed by atoms with Crippen LogP contribution in [0.3, 0.4) is 0 Å². The average molecular weight is 377 g/mol. The molecular weight excluding hydrogens is 358 g/mol. The van der Waals surface area contributed by atoms with Gasteiger partial charge >= 0.3 is 0 Å². The van der Waals surface area contributed by atoms with Crippen LogP contribution < -0.4 is 10.0 Å². The van der Waals surface area contributed by atoms with E-state index < -0.39 is 20.9 Å². The molecule has 0 saturated carbocycles. The summed E-state index contributed by atoms with van der Waals surface area (Å²) in [6.45, 7) is 3.65. The van der Waals surface area contributed by atoms with Crippen LogP contribution in [0.2, 0.25) is 0 Å². The van der Waals surface area contributed by atoms with Gasteiger partial charge in [0.15, 0.2) is 0 Å². The lowest BCUT2D eigenvalue weighted by atomic mass is 10.2. The maximum atomic E-state index is 12.2. The Balaban J connectivity index is 2.09. The van der Waals surface area contributed by atoms with Gasteiger partial charge in [0.25, 0.3) is 11.6 Å². The van der Waals surface area contributed by atoms with Gasteiger partial charge in [-0.3, -0.25) is 14.9 Å². The van der Waals surface area contributed by atoms with Crippen molar-refractivity contribution in [2.45, 2.75) is 31.2 Å². The molecule has 0 aliphatic rings. The van der Waals surface area contributed by atoms with Crippen molar-refractivity contribution < 1.29 is 18.1 Å². The lowest BCUT2D eigenvalue weighted by molar-refractivity contribution is -0.384. The van der Waals surface area contributed by atoms with Crippen molar-refractivity contribution in [1.82, 2.24) is 4.72 Å². The maximum absolute atomic E-state index is 12.2. The molecule has 138 valence electrons. The molecule has 0 aromatic heterocycles. The number of hydrogen-bond donors (Lipinski definition) is 2.